The number of hydrogen-bond donors (Lipinski definition) is 1. The highest BCUT2D eigenvalue weighted by Crippen LogP contribution is 2.38. The lowest BCUT2D eigenvalue weighted by molar-refractivity contribution is -0.0528. The molecule has 2 heterocycles. The van der Waals surface area contributed by atoms with E-state index in [2.05, 4.69) is 44.2 Å². The van der Waals surface area contributed by atoms with Crippen LogP contribution in [-0.2, 0) is 13.9 Å². The second-order valence-electron chi connectivity index (χ2n) is 9.87. The van der Waals surface area contributed by atoms with E-state index in [-0.39, 0.29) is 29.0 Å². The minimum absolute atomic E-state index is 0.0848. The molecule has 1 aromatic heterocycles. The molecule has 2 aromatic rings. The lowest BCUT2D eigenvalue weighted by Gasteiger charge is -2.37. The largest absolute Gasteiger partial charge is 0.414 e. The summed E-state index contributed by atoms with van der Waals surface area (Å²) >= 11 is 1.59. The molecular weight excluding hydrogens is 470 g/mol. The van der Waals surface area contributed by atoms with Gasteiger partial charge in [-0.25, -0.2) is 4.79 Å². The zero-order chi connectivity index (χ0) is 24.9. The van der Waals surface area contributed by atoms with Crippen molar-refractivity contribution in [1.82, 2.24) is 9.55 Å². The summed E-state index contributed by atoms with van der Waals surface area (Å²) in [5, 5.41) is 2.75. The van der Waals surface area contributed by atoms with Gasteiger partial charge in [0.05, 0.1) is 18.6 Å². The van der Waals surface area contributed by atoms with Crippen LogP contribution in [0.3, 0.4) is 0 Å². The van der Waals surface area contributed by atoms with Gasteiger partial charge < -0.3 is 19.2 Å². The molecule has 8 nitrogen and oxygen atoms in total. The van der Waals surface area contributed by atoms with Crippen LogP contribution in [0.15, 0.2) is 47.4 Å². The number of carbonyl (C=O) groups excluding carboxylic acids is 1. The highest BCUT2D eigenvalue weighted by molar-refractivity contribution is 7.98. The number of benzene rings is 1. The fourth-order valence-corrected chi connectivity index (χ4v) is 4.66. The molecule has 1 amide bonds. The number of carbonyl (C=O) groups is 1. The molecule has 1 aliphatic rings. The Morgan fingerprint density at radius 2 is 1.97 bits per heavy atom. The summed E-state index contributed by atoms with van der Waals surface area (Å²) in [6.45, 7) is 11.4. The molecule has 0 saturated carbocycles. The maximum Gasteiger partial charge on any atom is 0.351 e. The van der Waals surface area contributed by atoms with Gasteiger partial charge in [-0.15, -0.1) is 11.8 Å². The molecule has 0 spiro atoms. The van der Waals surface area contributed by atoms with Gasteiger partial charge in [-0.3, -0.25) is 9.36 Å². The lowest BCUT2D eigenvalue weighted by Crippen LogP contribution is -2.44. The Hall–Kier alpha value is -1.98. The number of rotatable bonds is 9. The van der Waals surface area contributed by atoms with E-state index in [0.29, 0.717) is 24.5 Å². The predicted octanol–water partition coefficient (Wildman–Crippen LogP) is 4.51. The molecule has 1 N–H and O–H groups in total. The molecule has 1 saturated heterocycles. The number of nitrogens with one attached hydrogen (secondary N) is 1. The Labute approximate surface area is 206 Å². The lowest BCUT2D eigenvalue weighted by atomic mass is 10.2. The molecule has 0 radical (unpaired) electrons. The molecule has 186 valence electrons. The maximum atomic E-state index is 12.8. The Morgan fingerprint density at radius 1 is 1.26 bits per heavy atom. The van der Waals surface area contributed by atoms with E-state index in [0.717, 1.165) is 0 Å². The maximum absolute atomic E-state index is 12.8. The van der Waals surface area contributed by atoms with Gasteiger partial charge in [0, 0.05) is 18.2 Å². The molecule has 3 atom stereocenters. The number of nitrogens with zero attached hydrogens (tertiary/aromatic N) is 2. The average molecular weight is 506 g/mol. The number of ether oxygens (including phenoxy) is 2. The summed E-state index contributed by atoms with van der Waals surface area (Å²) in [4.78, 5) is 29.2. The fraction of sp³-hybridized carbons (Fsp3) is 0.542. The number of thioether (sulfide) groups is 1. The van der Waals surface area contributed by atoms with Gasteiger partial charge in [0.1, 0.15) is 18.1 Å². The first-order valence-corrected chi connectivity index (χ1v) is 15.7. The highest BCUT2D eigenvalue weighted by atomic mass is 32.2. The van der Waals surface area contributed by atoms with Gasteiger partial charge in [0.2, 0.25) is 0 Å². The van der Waals surface area contributed by atoms with Crippen molar-refractivity contribution in [2.24, 2.45) is 0 Å². The van der Waals surface area contributed by atoms with Gasteiger partial charge in [-0.2, -0.15) is 4.98 Å². The smallest absolute Gasteiger partial charge is 0.351 e. The van der Waals surface area contributed by atoms with Crippen molar-refractivity contribution in [3.05, 3.63) is 58.6 Å². The summed E-state index contributed by atoms with van der Waals surface area (Å²) in [6.07, 6.45) is 3.11. The second-order valence-corrected chi connectivity index (χ2v) is 15.5. The first-order chi connectivity index (χ1) is 16.0. The van der Waals surface area contributed by atoms with Gasteiger partial charge in [-0.1, -0.05) is 39.0 Å². The average Bonchev–Trinajstić information content (AvgIpc) is 3.19. The van der Waals surface area contributed by atoms with Gasteiger partial charge >= 0.3 is 5.69 Å². The molecule has 1 unspecified atom stereocenters. The summed E-state index contributed by atoms with van der Waals surface area (Å²) < 4.78 is 20.1. The first kappa shape index (κ1) is 26.6. The first-order valence-electron chi connectivity index (χ1n) is 11.4. The summed E-state index contributed by atoms with van der Waals surface area (Å²) in [6, 6.07) is 10.4. The third-order valence-corrected chi connectivity index (χ3v) is 11.3. The zero-order valence-electron chi connectivity index (χ0n) is 20.7. The summed E-state index contributed by atoms with van der Waals surface area (Å²) in [5.41, 5.74) is -0.00333. The van der Waals surface area contributed by atoms with Crippen LogP contribution < -0.4 is 11.0 Å². The van der Waals surface area contributed by atoms with Crippen LogP contribution in [0.5, 0.6) is 0 Å². The van der Waals surface area contributed by atoms with Crippen molar-refractivity contribution >= 4 is 31.8 Å². The number of hydrogen-bond acceptors (Lipinski definition) is 7. The predicted molar refractivity (Wildman–Crippen MR) is 138 cm³/mol. The SMILES string of the molecule is CSCOC1C[C@H](n2ccc(NC(=O)c3ccccc3)nc2=O)O[C@@H]1CO[Si](C)(C)C(C)(C)C. The van der Waals surface area contributed by atoms with Crippen molar-refractivity contribution in [3.63, 3.8) is 0 Å². The van der Waals surface area contributed by atoms with Crippen LogP contribution in [0.2, 0.25) is 18.1 Å². The van der Waals surface area contributed by atoms with Crippen molar-refractivity contribution in [2.75, 3.05) is 24.1 Å². The standard InChI is InChI=1S/C24H35N3O5SSi/c1-24(2,3)34(5,6)31-15-19-18(30-16-33-4)14-21(32-19)27-13-12-20(26-23(27)29)25-22(28)17-10-8-7-9-11-17/h7-13,18-19,21H,14-16H2,1-6H3,(H,25,26,28,29)/t18?,19-,21-/m1/s1. The van der Waals surface area contributed by atoms with Crippen molar-refractivity contribution in [1.29, 1.82) is 0 Å². The van der Waals surface area contributed by atoms with E-state index < -0.39 is 20.2 Å². The molecule has 10 heteroatoms. The normalized spacial score (nSPS) is 20.9. The van der Waals surface area contributed by atoms with Crippen LogP contribution in [0.25, 0.3) is 0 Å². The molecule has 1 aromatic carbocycles. The van der Waals surface area contributed by atoms with E-state index >= 15 is 0 Å². The zero-order valence-corrected chi connectivity index (χ0v) is 22.6. The molecular formula is C24H35N3O5SSi. The molecule has 1 aliphatic heterocycles. The molecule has 0 aliphatic carbocycles. The van der Waals surface area contributed by atoms with Crippen molar-refractivity contribution in [3.8, 4) is 0 Å². The van der Waals surface area contributed by atoms with Crippen molar-refractivity contribution < 1.29 is 18.7 Å². The Balaban J connectivity index is 1.70. The van der Waals surface area contributed by atoms with Crippen molar-refractivity contribution in [2.45, 2.75) is 63.8 Å². The van der Waals surface area contributed by atoms with E-state index in [1.54, 1.807) is 48.3 Å². The van der Waals surface area contributed by atoms with Crippen LogP contribution in [0.1, 0.15) is 43.8 Å². The van der Waals surface area contributed by atoms with Gasteiger partial charge in [-0.05, 0) is 42.6 Å². The quantitative estimate of drug-likeness (QED) is 0.396. The van der Waals surface area contributed by atoms with Crippen LogP contribution >= 0.6 is 11.8 Å². The number of anilines is 1. The summed E-state index contributed by atoms with van der Waals surface area (Å²) in [5.74, 6) is 0.409. The minimum Gasteiger partial charge on any atom is -0.414 e. The Bertz CT molecular complexity index is 1030. The Kier molecular flexibility index (Phi) is 8.75. The third kappa shape index (κ3) is 6.57. The fourth-order valence-electron chi connectivity index (χ4n) is 3.34. The number of aromatic nitrogens is 2. The number of amides is 1. The van der Waals surface area contributed by atoms with E-state index in [1.165, 1.54) is 4.57 Å². The Morgan fingerprint density at radius 3 is 2.59 bits per heavy atom. The van der Waals surface area contributed by atoms with Crippen LogP contribution in [0, 0.1) is 0 Å². The van der Waals surface area contributed by atoms with Crippen LogP contribution in [-0.4, -0.2) is 54.8 Å². The van der Waals surface area contributed by atoms with E-state index in [1.807, 2.05) is 12.3 Å². The van der Waals surface area contributed by atoms with Gasteiger partial charge in [0.15, 0.2) is 8.32 Å². The van der Waals surface area contributed by atoms with E-state index in [9.17, 15) is 9.59 Å². The topological polar surface area (TPSA) is 91.7 Å². The molecule has 1 fully saturated rings. The molecule has 0 bridgehead atoms. The highest BCUT2D eigenvalue weighted by Gasteiger charge is 2.42. The second kappa shape index (κ2) is 11.2. The molecule has 3 rings (SSSR count). The minimum atomic E-state index is -1.96. The third-order valence-electron chi connectivity index (χ3n) is 6.41. The van der Waals surface area contributed by atoms with Gasteiger partial charge in [0.25, 0.3) is 5.91 Å². The van der Waals surface area contributed by atoms with Crippen LogP contribution in [0.4, 0.5) is 5.82 Å². The summed E-state index contributed by atoms with van der Waals surface area (Å²) in [7, 11) is -1.96. The molecule has 34 heavy (non-hydrogen) atoms. The monoisotopic (exact) mass is 505 g/mol. The van der Waals surface area contributed by atoms with E-state index in [4.69, 9.17) is 13.9 Å².